The van der Waals surface area contributed by atoms with E-state index >= 15 is 0 Å². The number of hydrogen-bond acceptors (Lipinski definition) is 5. The SMILES string of the molecule is CN1[C@@H]2CC[C@H]1CC(OC(=O)c1c[nH]c3ncccc13)C2.O=C(O)C(F)(F)F. The van der Waals surface area contributed by atoms with Crippen LogP contribution in [0.3, 0.4) is 0 Å². The maximum absolute atomic E-state index is 12.4. The number of halogens is 3. The van der Waals surface area contributed by atoms with Crippen molar-refractivity contribution in [3.8, 4) is 0 Å². The zero-order valence-electron chi connectivity index (χ0n) is 15.1. The number of hydrogen-bond donors (Lipinski definition) is 2. The molecule has 4 heterocycles. The lowest BCUT2D eigenvalue weighted by Crippen LogP contribution is -2.43. The van der Waals surface area contributed by atoms with E-state index < -0.39 is 12.1 Å². The minimum Gasteiger partial charge on any atom is -0.475 e. The minimum absolute atomic E-state index is 0.0489. The predicted molar refractivity (Wildman–Crippen MR) is 92.8 cm³/mol. The monoisotopic (exact) mass is 399 g/mol. The average molecular weight is 399 g/mol. The van der Waals surface area contributed by atoms with Gasteiger partial charge in [0, 0.05) is 42.7 Å². The molecule has 0 aliphatic carbocycles. The molecule has 2 aromatic heterocycles. The number of fused-ring (bicyclic) bond motifs is 3. The van der Waals surface area contributed by atoms with Gasteiger partial charge in [-0.3, -0.25) is 0 Å². The van der Waals surface area contributed by atoms with Gasteiger partial charge in [0.1, 0.15) is 11.8 Å². The van der Waals surface area contributed by atoms with E-state index in [2.05, 4.69) is 21.9 Å². The Morgan fingerprint density at radius 1 is 1.29 bits per heavy atom. The van der Waals surface area contributed by atoms with Gasteiger partial charge in [-0.2, -0.15) is 13.2 Å². The van der Waals surface area contributed by atoms with Crippen molar-refractivity contribution < 1.29 is 32.6 Å². The molecule has 0 amide bonds. The third kappa shape index (κ3) is 4.27. The first-order valence-corrected chi connectivity index (χ1v) is 8.82. The highest BCUT2D eigenvalue weighted by Gasteiger charge is 2.40. The predicted octanol–water partition coefficient (Wildman–Crippen LogP) is 2.98. The van der Waals surface area contributed by atoms with Crippen molar-refractivity contribution in [2.24, 2.45) is 0 Å². The van der Waals surface area contributed by atoms with Gasteiger partial charge in [0.2, 0.25) is 0 Å². The third-order valence-electron chi connectivity index (χ3n) is 5.24. The summed E-state index contributed by atoms with van der Waals surface area (Å²) in [5.74, 6) is -2.99. The van der Waals surface area contributed by atoms with Crippen LogP contribution in [0.25, 0.3) is 11.0 Å². The van der Waals surface area contributed by atoms with Crippen LogP contribution < -0.4 is 0 Å². The molecule has 7 nitrogen and oxygen atoms in total. The average Bonchev–Trinajstić information content (AvgIpc) is 3.12. The largest absolute Gasteiger partial charge is 0.490 e. The number of esters is 1. The van der Waals surface area contributed by atoms with Crippen LogP contribution in [0.4, 0.5) is 13.2 Å². The normalized spacial score (nSPS) is 24.5. The van der Waals surface area contributed by atoms with E-state index in [1.807, 2.05) is 12.1 Å². The Bertz CT molecular complexity index is 853. The zero-order valence-corrected chi connectivity index (χ0v) is 15.1. The molecule has 10 heteroatoms. The van der Waals surface area contributed by atoms with Gasteiger partial charge >= 0.3 is 18.1 Å². The number of rotatable bonds is 2. The third-order valence-corrected chi connectivity index (χ3v) is 5.24. The van der Waals surface area contributed by atoms with Gasteiger partial charge < -0.3 is 19.7 Å². The van der Waals surface area contributed by atoms with Crippen molar-refractivity contribution in [1.82, 2.24) is 14.9 Å². The van der Waals surface area contributed by atoms with Crippen molar-refractivity contribution in [2.45, 2.75) is 50.0 Å². The van der Waals surface area contributed by atoms with Crippen LogP contribution in [0.15, 0.2) is 24.5 Å². The zero-order chi connectivity index (χ0) is 20.5. The summed E-state index contributed by atoms with van der Waals surface area (Å²) in [7, 11) is 2.19. The fourth-order valence-electron chi connectivity index (χ4n) is 3.80. The van der Waals surface area contributed by atoms with E-state index in [9.17, 15) is 18.0 Å². The molecule has 3 atom stereocenters. The number of ether oxygens (including phenoxy) is 1. The van der Waals surface area contributed by atoms with Gasteiger partial charge in [-0.25, -0.2) is 14.6 Å². The van der Waals surface area contributed by atoms with Crippen LogP contribution in [-0.4, -0.2) is 63.3 Å². The second-order valence-electron chi connectivity index (χ2n) is 6.95. The maximum atomic E-state index is 12.4. The summed E-state index contributed by atoms with van der Waals surface area (Å²) in [5.41, 5.74) is 1.32. The van der Waals surface area contributed by atoms with Gasteiger partial charge in [-0.1, -0.05) is 0 Å². The number of piperidine rings is 1. The lowest BCUT2D eigenvalue weighted by atomic mass is 10.0. The molecular formula is C18H20F3N3O4. The van der Waals surface area contributed by atoms with Crippen molar-refractivity contribution in [3.05, 3.63) is 30.1 Å². The Kier molecular flexibility index (Phi) is 5.59. The molecule has 2 aromatic rings. The number of pyridine rings is 1. The summed E-state index contributed by atoms with van der Waals surface area (Å²) in [6.07, 6.45) is 2.75. The number of carboxylic acids is 1. The molecule has 2 bridgehead atoms. The molecule has 1 unspecified atom stereocenters. The lowest BCUT2D eigenvalue weighted by Gasteiger charge is -2.35. The first-order valence-electron chi connectivity index (χ1n) is 8.82. The molecule has 28 heavy (non-hydrogen) atoms. The van der Waals surface area contributed by atoms with Crippen LogP contribution in [0.2, 0.25) is 0 Å². The number of aliphatic carboxylic acids is 1. The number of nitrogens with one attached hydrogen (secondary N) is 1. The molecular weight excluding hydrogens is 379 g/mol. The molecule has 0 radical (unpaired) electrons. The molecule has 2 aliphatic rings. The van der Waals surface area contributed by atoms with Crippen LogP contribution in [0, 0.1) is 0 Å². The summed E-state index contributed by atoms with van der Waals surface area (Å²) < 4.78 is 37.5. The fraction of sp³-hybridized carbons (Fsp3) is 0.500. The molecule has 152 valence electrons. The van der Waals surface area contributed by atoms with E-state index in [-0.39, 0.29) is 12.1 Å². The van der Waals surface area contributed by atoms with Crippen molar-refractivity contribution in [2.75, 3.05) is 7.05 Å². The standard InChI is InChI=1S/C16H19N3O2.C2HF3O2/c1-19-10-4-5-11(19)8-12(7-10)21-16(20)14-9-18-15-13(14)3-2-6-17-15;3-2(4,5)1(6)7/h2-3,6,9-12H,4-5,7-8H2,1H3,(H,17,18);(H,6,7)/t10-,11+,12?;. The number of carbonyl (C=O) groups is 2. The van der Waals surface area contributed by atoms with E-state index in [1.165, 1.54) is 12.8 Å². The second kappa shape index (κ2) is 7.78. The van der Waals surface area contributed by atoms with Crippen LogP contribution >= 0.6 is 0 Å². The number of aromatic nitrogens is 2. The van der Waals surface area contributed by atoms with Crippen LogP contribution in [-0.2, 0) is 9.53 Å². The van der Waals surface area contributed by atoms with Gasteiger partial charge in [-0.05, 0) is 32.0 Å². The Hall–Kier alpha value is -2.62. The molecule has 2 saturated heterocycles. The number of aromatic amines is 1. The summed E-state index contributed by atoms with van der Waals surface area (Å²) in [6, 6.07) is 4.88. The molecule has 4 rings (SSSR count). The van der Waals surface area contributed by atoms with Crippen LogP contribution in [0.5, 0.6) is 0 Å². The fourth-order valence-corrected chi connectivity index (χ4v) is 3.80. The van der Waals surface area contributed by atoms with E-state index in [1.54, 1.807) is 12.4 Å². The highest BCUT2D eigenvalue weighted by Crippen LogP contribution is 2.35. The van der Waals surface area contributed by atoms with Crippen molar-refractivity contribution >= 4 is 23.0 Å². The molecule has 2 fully saturated rings. The summed E-state index contributed by atoms with van der Waals surface area (Å²) >= 11 is 0. The number of nitrogens with zero attached hydrogens (tertiary/aromatic N) is 2. The van der Waals surface area contributed by atoms with Gasteiger partial charge in [0.15, 0.2) is 0 Å². The highest BCUT2D eigenvalue weighted by molar-refractivity contribution is 6.03. The quantitative estimate of drug-likeness (QED) is 0.754. The Morgan fingerprint density at radius 3 is 2.46 bits per heavy atom. The Morgan fingerprint density at radius 2 is 1.89 bits per heavy atom. The summed E-state index contributed by atoms with van der Waals surface area (Å²) in [5, 5.41) is 7.96. The minimum atomic E-state index is -5.08. The molecule has 0 spiro atoms. The smallest absolute Gasteiger partial charge is 0.475 e. The van der Waals surface area contributed by atoms with Gasteiger partial charge in [0.05, 0.1) is 5.56 Å². The van der Waals surface area contributed by atoms with Crippen molar-refractivity contribution in [3.63, 3.8) is 0 Å². The Labute approximate surface area is 158 Å². The molecule has 2 N–H and O–H groups in total. The summed E-state index contributed by atoms with van der Waals surface area (Å²) in [4.78, 5) is 31.0. The number of carbonyl (C=O) groups excluding carboxylic acids is 1. The summed E-state index contributed by atoms with van der Waals surface area (Å²) in [6.45, 7) is 0. The highest BCUT2D eigenvalue weighted by atomic mass is 19.4. The molecule has 2 aliphatic heterocycles. The van der Waals surface area contributed by atoms with E-state index in [0.717, 1.165) is 23.9 Å². The topological polar surface area (TPSA) is 95.5 Å². The van der Waals surface area contributed by atoms with Gasteiger partial charge in [-0.15, -0.1) is 0 Å². The van der Waals surface area contributed by atoms with Gasteiger partial charge in [0.25, 0.3) is 0 Å². The van der Waals surface area contributed by atoms with E-state index in [0.29, 0.717) is 17.6 Å². The molecule has 0 saturated carbocycles. The molecule has 0 aromatic carbocycles. The maximum Gasteiger partial charge on any atom is 0.490 e. The van der Waals surface area contributed by atoms with Crippen LogP contribution in [0.1, 0.15) is 36.0 Å². The lowest BCUT2D eigenvalue weighted by molar-refractivity contribution is -0.192. The Balaban J connectivity index is 0.000000279. The number of H-pyrrole nitrogens is 1. The first-order chi connectivity index (χ1) is 13.2. The first kappa shape index (κ1) is 20.1. The number of carboxylic acid groups (broad SMARTS) is 1. The van der Waals surface area contributed by atoms with Crippen molar-refractivity contribution in [1.29, 1.82) is 0 Å². The number of alkyl halides is 3. The second-order valence-corrected chi connectivity index (χ2v) is 6.95. The van der Waals surface area contributed by atoms with E-state index in [4.69, 9.17) is 14.6 Å².